The quantitative estimate of drug-likeness (QED) is 0.279. The Kier molecular flexibility index (Phi) is 5.67. The molecule has 0 aliphatic carbocycles. The molecule has 3 aromatic rings. The molecule has 0 radical (unpaired) electrons. The van der Waals surface area contributed by atoms with Crippen molar-refractivity contribution in [2.45, 2.75) is 30.7 Å². The molecule has 1 aromatic heterocycles. The van der Waals surface area contributed by atoms with E-state index in [9.17, 15) is 40.5 Å². The first-order valence-electron chi connectivity index (χ1n) is 9.51. The van der Waals surface area contributed by atoms with E-state index in [1.165, 1.54) is 30.3 Å². The molecular formula is C21H20O11. The predicted octanol–water partition coefficient (Wildman–Crippen LogP) is -0.245. The average molecular weight is 448 g/mol. The van der Waals surface area contributed by atoms with Crippen LogP contribution in [0.2, 0.25) is 0 Å². The van der Waals surface area contributed by atoms with E-state index in [2.05, 4.69) is 0 Å². The van der Waals surface area contributed by atoms with Gasteiger partial charge in [-0.05, 0) is 36.4 Å². The van der Waals surface area contributed by atoms with E-state index in [0.29, 0.717) is 0 Å². The van der Waals surface area contributed by atoms with Crippen molar-refractivity contribution in [2.24, 2.45) is 0 Å². The molecule has 2 aromatic carbocycles. The molecule has 170 valence electrons. The predicted molar refractivity (Wildman–Crippen MR) is 107 cm³/mol. The lowest BCUT2D eigenvalue weighted by Gasteiger charge is -2.39. The van der Waals surface area contributed by atoms with Gasteiger partial charge in [0.2, 0.25) is 17.5 Å². The van der Waals surface area contributed by atoms with Crippen LogP contribution in [0, 0.1) is 0 Å². The smallest absolute Gasteiger partial charge is 0.238 e. The Hall–Kier alpha value is -3.35. The lowest BCUT2D eigenvalue weighted by atomic mass is 9.99. The SMILES string of the molecule is O=c1c(O)c(-c2ccc(O)cc2)oc2c(O[C@@H]3O[C@H](CO)[C@@H](O)[C@H](O)[C@H]3O)ccc(O)c12. The summed E-state index contributed by atoms with van der Waals surface area (Å²) < 4.78 is 16.5. The highest BCUT2D eigenvalue weighted by atomic mass is 16.7. The summed E-state index contributed by atoms with van der Waals surface area (Å²) in [6.45, 7) is -0.672. The molecular weight excluding hydrogens is 428 g/mol. The third-order valence-corrected chi connectivity index (χ3v) is 5.18. The molecule has 1 aliphatic heterocycles. The third-order valence-electron chi connectivity index (χ3n) is 5.18. The number of hydrogen-bond acceptors (Lipinski definition) is 11. The van der Waals surface area contributed by atoms with Gasteiger partial charge in [0, 0.05) is 5.56 Å². The molecule has 7 N–H and O–H groups in total. The normalized spacial score (nSPS) is 25.7. The zero-order valence-electron chi connectivity index (χ0n) is 16.3. The highest BCUT2D eigenvalue weighted by Crippen LogP contribution is 2.38. The van der Waals surface area contributed by atoms with Gasteiger partial charge in [-0.25, -0.2) is 0 Å². The van der Waals surface area contributed by atoms with Gasteiger partial charge < -0.3 is 49.6 Å². The molecule has 5 atom stereocenters. The summed E-state index contributed by atoms with van der Waals surface area (Å²) in [6, 6.07) is 7.71. The van der Waals surface area contributed by atoms with Gasteiger partial charge in [0.1, 0.15) is 41.3 Å². The first-order valence-corrected chi connectivity index (χ1v) is 9.51. The van der Waals surface area contributed by atoms with Gasteiger partial charge in [0.05, 0.1) is 6.61 Å². The van der Waals surface area contributed by atoms with Gasteiger partial charge in [-0.1, -0.05) is 0 Å². The van der Waals surface area contributed by atoms with Crippen molar-refractivity contribution in [3.63, 3.8) is 0 Å². The van der Waals surface area contributed by atoms with Crippen LogP contribution in [0.5, 0.6) is 23.0 Å². The Morgan fingerprint density at radius 1 is 0.906 bits per heavy atom. The molecule has 0 spiro atoms. The Morgan fingerprint density at radius 3 is 2.25 bits per heavy atom. The minimum absolute atomic E-state index is 0.0549. The van der Waals surface area contributed by atoms with E-state index in [0.717, 1.165) is 6.07 Å². The number of rotatable bonds is 4. The van der Waals surface area contributed by atoms with Crippen molar-refractivity contribution in [3.05, 3.63) is 46.6 Å². The fourth-order valence-electron chi connectivity index (χ4n) is 3.44. The van der Waals surface area contributed by atoms with Crippen LogP contribution in [0.1, 0.15) is 0 Å². The summed E-state index contributed by atoms with van der Waals surface area (Å²) in [5.74, 6) is -1.82. The topological polar surface area (TPSA) is 190 Å². The van der Waals surface area contributed by atoms with Crippen LogP contribution in [0.4, 0.5) is 0 Å². The lowest BCUT2D eigenvalue weighted by molar-refractivity contribution is -0.277. The van der Waals surface area contributed by atoms with E-state index in [1.54, 1.807) is 0 Å². The summed E-state index contributed by atoms with van der Waals surface area (Å²) in [7, 11) is 0. The second kappa shape index (κ2) is 8.30. The molecule has 11 nitrogen and oxygen atoms in total. The Morgan fingerprint density at radius 2 is 1.59 bits per heavy atom. The van der Waals surface area contributed by atoms with Crippen molar-refractivity contribution >= 4 is 11.0 Å². The van der Waals surface area contributed by atoms with E-state index in [4.69, 9.17) is 13.9 Å². The van der Waals surface area contributed by atoms with Crippen LogP contribution in [0.3, 0.4) is 0 Å². The van der Waals surface area contributed by atoms with Crippen molar-refractivity contribution in [1.29, 1.82) is 0 Å². The van der Waals surface area contributed by atoms with Crippen molar-refractivity contribution < 1.29 is 49.6 Å². The van der Waals surface area contributed by atoms with Gasteiger partial charge in [-0.3, -0.25) is 4.79 Å². The number of phenolic OH excluding ortho intramolecular Hbond substituents is 2. The fourth-order valence-corrected chi connectivity index (χ4v) is 3.44. The number of aliphatic hydroxyl groups excluding tert-OH is 4. The monoisotopic (exact) mass is 448 g/mol. The minimum atomic E-state index is -1.72. The molecule has 11 heteroatoms. The number of hydrogen-bond donors (Lipinski definition) is 7. The molecule has 0 bridgehead atoms. The van der Waals surface area contributed by atoms with E-state index in [1.807, 2.05) is 0 Å². The fraction of sp³-hybridized carbons (Fsp3) is 0.286. The summed E-state index contributed by atoms with van der Waals surface area (Å²) in [5, 5.41) is 69.0. The Bertz CT molecular complexity index is 1190. The van der Waals surface area contributed by atoms with E-state index in [-0.39, 0.29) is 28.4 Å². The minimum Gasteiger partial charge on any atom is -0.508 e. The number of aromatic hydroxyl groups is 3. The number of ether oxygens (including phenoxy) is 2. The summed E-state index contributed by atoms with van der Waals surface area (Å²) in [4.78, 5) is 12.8. The lowest BCUT2D eigenvalue weighted by Crippen LogP contribution is -2.60. The second-order valence-corrected chi connectivity index (χ2v) is 7.26. The molecule has 4 rings (SSSR count). The van der Waals surface area contributed by atoms with E-state index < -0.39 is 59.6 Å². The molecule has 0 unspecified atom stereocenters. The molecule has 0 saturated carbocycles. The van der Waals surface area contributed by atoms with Crippen LogP contribution in [-0.4, -0.2) is 73.1 Å². The van der Waals surface area contributed by atoms with Crippen molar-refractivity contribution in [3.8, 4) is 34.3 Å². The Balaban J connectivity index is 1.83. The standard InChI is InChI=1S/C21H20O11/c22-7-12-14(25)16(27)18(29)21(31-12)30-11-6-5-10(24)13-15(26)17(28)19(32-20(11)13)8-1-3-9(23)4-2-8/h1-6,12,14,16,18,21-25,27-29H,7H2/t12-,14-,16+,18-,21-/m1/s1. The molecule has 1 fully saturated rings. The summed E-state index contributed by atoms with van der Waals surface area (Å²) in [5.41, 5.74) is -1.03. The maximum Gasteiger partial charge on any atom is 0.238 e. The zero-order valence-corrected chi connectivity index (χ0v) is 16.3. The third kappa shape index (κ3) is 3.61. The Labute approximate surface area is 179 Å². The number of fused-ring (bicyclic) bond motifs is 1. The second-order valence-electron chi connectivity index (χ2n) is 7.26. The van der Waals surface area contributed by atoms with Crippen LogP contribution in [0.25, 0.3) is 22.3 Å². The van der Waals surface area contributed by atoms with Gasteiger partial charge in [0.15, 0.2) is 17.1 Å². The molecule has 1 aliphatic rings. The molecule has 0 amide bonds. The van der Waals surface area contributed by atoms with Crippen molar-refractivity contribution in [1.82, 2.24) is 0 Å². The zero-order chi connectivity index (χ0) is 23.2. The van der Waals surface area contributed by atoms with Gasteiger partial charge in [-0.2, -0.15) is 0 Å². The van der Waals surface area contributed by atoms with Crippen LogP contribution < -0.4 is 10.2 Å². The highest BCUT2D eigenvalue weighted by Gasteiger charge is 2.45. The maximum absolute atomic E-state index is 12.8. The largest absolute Gasteiger partial charge is 0.508 e. The van der Waals surface area contributed by atoms with Gasteiger partial charge in [0.25, 0.3) is 0 Å². The first kappa shape index (κ1) is 21.9. The molecule has 32 heavy (non-hydrogen) atoms. The molecule has 1 saturated heterocycles. The van der Waals surface area contributed by atoms with Crippen LogP contribution >= 0.6 is 0 Å². The van der Waals surface area contributed by atoms with E-state index >= 15 is 0 Å². The van der Waals surface area contributed by atoms with Crippen LogP contribution in [0.15, 0.2) is 45.6 Å². The van der Waals surface area contributed by atoms with Gasteiger partial charge in [-0.15, -0.1) is 0 Å². The summed E-state index contributed by atoms with van der Waals surface area (Å²) >= 11 is 0. The first-order chi connectivity index (χ1) is 15.2. The van der Waals surface area contributed by atoms with Crippen LogP contribution in [-0.2, 0) is 4.74 Å². The number of phenols is 2. The average Bonchev–Trinajstić information content (AvgIpc) is 2.78. The van der Waals surface area contributed by atoms with Crippen molar-refractivity contribution in [2.75, 3.05) is 6.61 Å². The summed E-state index contributed by atoms with van der Waals surface area (Å²) in [6.07, 6.45) is -7.82. The molecule has 2 heterocycles. The van der Waals surface area contributed by atoms with Gasteiger partial charge >= 0.3 is 0 Å². The highest BCUT2D eigenvalue weighted by molar-refractivity contribution is 5.91. The maximum atomic E-state index is 12.8. The number of benzene rings is 2. The number of aliphatic hydroxyl groups is 4.